The number of morpholine rings is 1. The predicted octanol–water partition coefficient (Wildman–Crippen LogP) is 4.00. The molecule has 0 bridgehead atoms. The van der Waals surface area contributed by atoms with Gasteiger partial charge in [-0.2, -0.15) is 13.2 Å². The number of alkyl halides is 3. The smallest absolute Gasteiger partial charge is 0.378 e. The van der Waals surface area contributed by atoms with Gasteiger partial charge in [0.05, 0.1) is 18.8 Å². The number of aromatic amines is 1. The van der Waals surface area contributed by atoms with E-state index in [1.165, 1.54) is 18.3 Å². The Kier molecular flexibility index (Phi) is 7.72. The number of nitrogens with zero attached hydrogens (tertiary/aromatic N) is 2. The van der Waals surface area contributed by atoms with Crippen molar-refractivity contribution in [2.45, 2.75) is 20.0 Å². The summed E-state index contributed by atoms with van der Waals surface area (Å²) >= 11 is 0. The lowest BCUT2D eigenvalue weighted by Gasteiger charge is -2.28. The molecule has 1 amide bonds. The predicted molar refractivity (Wildman–Crippen MR) is 125 cm³/mol. The Labute approximate surface area is 194 Å². The highest BCUT2D eigenvalue weighted by Gasteiger charge is 2.30. The van der Waals surface area contributed by atoms with Gasteiger partial charge in [0.25, 0.3) is 11.5 Å². The molecule has 34 heavy (non-hydrogen) atoms. The van der Waals surface area contributed by atoms with Crippen molar-refractivity contribution < 1.29 is 22.7 Å². The van der Waals surface area contributed by atoms with E-state index < -0.39 is 17.6 Å². The Bertz CT molecular complexity index is 1190. The maximum atomic E-state index is 12.9. The lowest BCUT2D eigenvalue weighted by molar-refractivity contribution is -0.137. The highest BCUT2D eigenvalue weighted by molar-refractivity contribution is 6.22. The van der Waals surface area contributed by atoms with Gasteiger partial charge in [-0.15, -0.1) is 0 Å². The van der Waals surface area contributed by atoms with Crippen LogP contribution >= 0.6 is 0 Å². The van der Waals surface area contributed by atoms with Crippen LogP contribution in [0.4, 0.5) is 18.9 Å². The van der Waals surface area contributed by atoms with E-state index in [0.717, 1.165) is 12.1 Å². The van der Waals surface area contributed by atoms with Crippen LogP contribution in [0.15, 0.2) is 64.8 Å². The maximum Gasteiger partial charge on any atom is 0.416 e. The van der Waals surface area contributed by atoms with Crippen molar-refractivity contribution in [2.75, 3.05) is 31.2 Å². The number of halogens is 3. The zero-order chi connectivity index (χ0) is 24.9. The Morgan fingerprint density at radius 1 is 1.21 bits per heavy atom. The normalized spacial score (nSPS) is 15.3. The number of allylic oxidation sites excluding steroid dienone is 2. The third kappa shape index (κ3) is 6.22. The Balaban J connectivity index is 1.71. The molecule has 2 N–H and O–H groups in total. The minimum atomic E-state index is -4.54. The number of anilines is 1. The average molecular weight is 474 g/mol. The summed E-state index contributed by atoms with van der Waals surface area (Å²) in [6.45, 7) is 9.64. The molecule has 0 spiro atoms. The first-order valence-electron chi connectivity index (χ1n) is 10.5. The fraction of sp³-hybridized carbons (Fsp3) is 0.292. The zero-order valence-corrected chi connectivity index (χ0v) is 18.8. The molecule has 0 aliphatic carbocycles. The van der Waals surface area contributed by atoms with E-state index >= 15 is 0 Å². The van der Waals surface area contributed by atoms with Crippen LogP contribution in [-0.4, -0.2) is 42.9 Å². The van der Waals surface area contributed by atoms with Crippen LogP contribution in [0.3, 0.4) is 0 Å². The molecule has 1 aromatic carbocycles. The van der Waals surface area contributed by atoms with Gasteiger partial charge in [0, 0.05) is 48.0 Å². The molecular weight excluding hydrogens is 449 g/mol. The number of aliphatic imine (C=N–C) groups is 1. The first kappa shape index (κ1) is 25.0. The van der Waals surface area contributed by atoms with Crippen molar-refractivity contribution in [3.63, 3.8) is 0 Å². The zero-order valence-electron chi connectivity index (χ0n) is 18.8. The molecule has 0 atom stereocenters. The number of carbonyl (C=O) groups is 1. The van der Waals surface area contributed by atoms with Crippen LogP contribution in [-0.2, 0) is 10.9 Å². The average Bonchev–Trinajstić information content (AvgIpc) is 2.82. The molecule has 1 saturated heterocycles. The third-order valence-corrected chi connectivity index (χ3v) is 5.24. The summed E-state index contributed by atoms with van der Waals surface area (Å²) in [4.78, 5) is 33.6. The van der Waals surface area contributed by atoms with Gasteiger partial charge in [-0.05, 0) is 43.7 Å². The monoisotopic (exact) mass is 474 g/mol. The SMILES string of the molecule is C=C(C(C)=N/C=C(\C)NC(=O)c1cccc(C(F)(F)F)c1)c1c[nH]c(=O)c(N2CCOCC2)c1. The van der Waals surface area contributed by atoms with Crippen molar-refractivity contribution in [2.24, 2.45) is 4.99 Å². The summed E-state index contributed by atoms with van der Waals surface area (Å²) in [6, 6.07) is 5.92. The lowest BCUT2D eigenvalue weighted by atomic mass is 10.1. The van der Waals surface area contributed by atoms with Crippen LogP contribution in [0.2, 0.25) is 0 Å². The van der Waals surface area contributed by atoms with Gasteiger partial charge in [-0.25, -0.2) is 0 Å². The second-order valence-corrected chi connectivity index (χ2v) is 7.74. The number of hydrogen-bond acceptors (Lipinski definition) is 5. The van der Waals surface area contributed by atoms with Gasteiger partial charge in [-0.3, -0.25) is 14.6 Å². The molecule has 1 aliphatic heterocycles. The van der Waals surface area contributed by atoms with Crippen molar-refractivity contribution in [1.82, 2.24) is 10.3 Å². The second kappa shape index (κ2) is 10.5. The molecular formula is C24H25F3N4O3. The summed E-state index contributed by atoms with van der Waals surface area (Å²) in [5, 5.41) is 2.52. The molecule has 0 saturated carbocycles. The summed E-state index contributed by atoms with van der Waals surface area (Å²) in [6.07, 6.45) is -1.59. The van der Waals surface area contributed by atoms with E-state index in [2.05, 4.69) is 21.9 Å². The summed E-state index contributed by atoms with van der Waals surface area (Å²) < 4.78 is 44.0. The van der Waals surface area contributed by atoms with Crippen LogP contribution in [0.5, 0.6) is 0 Å². The number of ether oxygens (including phenoxy) is 1. The topological polar surface area (TPSA) is 86.8 Å². The van der Waals surface area contributed by atoms with Gasteiger partial charge in [-0.1, -0.05) is 12.6 Å². The molecule has 2 aromatic rings. The minimum absolute atomic E-state index is 0.114. The first-order valence-corrected chi connectivity index (χ1v) is 10.5. The highest BCUT2D eigenvalue weighted by atomic mass is 19.4. The fourth-order valence-corrected chi connectivity index (χ4v) is 3.29. The summed E-state index contributed by atoms with van der Waals surface area (Å²) in [5.41, 5.74) is 1.43. The van der Waals surface area contributed by atoms with Gasteiger partial charge >= 0.3 is 6.18 Å². The molecule has 0 radical (unpaired) electrons. The standard InChI is InChI=1S/C24H25F3N4O3/c1-15(30-22(32)18-5-4-6-20(11-18)24(25,26)27)13-28-17(3)16(2)19-12-21(23(33)29-14-19)31-7-9-34-10-8-31/h4-6,11-14H,2,7-10H2,1,3H3,(H,29,33)(H,30,32)/b15-13+,28-17?. The molecule has 1 aromatic heterocycles. The molecule has 0 unspecified atom stereocenters. The first-order chi connectivity index (χ1) is 16.1. The number of carbonyl (C=O) groups excluding carboxylic acids is 1. The highest BCUT2D eigenvalue weighted by Crippen LogP contribution is 2.29. The van der Waals surface area contributed by atoms with Gasteiger partial charge in [0.1, 0.15) is 5.69 Å². The Hall–Kier alpha value is -3.66. The largest absolute Gasteiger partial charge is 0.416 e. The van der Waals surface area contributed by atoms with Crippen molar-refractivity contribution in [3.8, 4) is 0 Å². The van der Waals surface area contributed by atoms with E-state index in [1.807, 2.05) is 4.90 Å². The molecule has 1 fully saturated rings. The molecule has 180 valence electrons. The molecule has 2 heterocycles. The van der Waals surface area contributed by atoms with E-state index in [0.29, 0.717) is 54.5 Å². The maximum absolute atomic E-state index is 12.9. The lowest BCUT2D eigenvalue weighted by Crippen LogP contribution is -2.39. The number of pyridine rings is 1. The van der Waals surface area contributed by atoms with E-state index in [9.17, 15) is 22.8 Å². The van der Waals surface area contributed by atoms with Crippen molar-refractivity contribution in [1.29, 1.82) is 0 Å². The summed E-state index contributed by atoms with van der Waals surface area (Å²) in [7, 11) is 0. The molecule has 1 aliphatic rings. The number of benzene rings is 1. The van der Waals surface area contributed by atoms with Crippen molar-refractivity contribution in [3.05, 3.63) is 82.0 Å². The number of rotatable bonds is 6. The molecule has 10 heteroatoms. The summed E-state index contributed by atoms with van der Waals surface area (Å²) in [5.74, 6) is -0.678. The molecule has 7 nitrogen and oxygen atoms in total. The minimum Gasteiger partial charge on any atom is -0.378 e. The Morgan fingerprint density at radius 3 is 2.59 bits per heavy atom. The quantitative estimate of drug-likeness (QED) is 0.620. The van der Waals surface area contributed by atoms with E-state index in [4.69, 9.17) is 4.74 Å². The van der Waals surface area contributed by atoms with Gasteiger partial charge < -0.3 is 19.9 Å². The number of amides is 1. The number of aromatic nitrogens is 1. The second-order valence-electron chi connectivity index (χ2n) is 7.74. The van der Waals surface area contributed by atoms with Gasteiger partial charge in [0.15, 0.2) is 0 Å². The number of H-pyrrole nitrogens is 1. The molecule has 3 rings (SSSR count). The van der Waals surface area contributed by atoms with Crippen LogP contribution < -0.4 is 15.8 Å². The van der Waals surface area contributed by atoms with Crippen molar-refractivity contribution >= 4 is 22.9 Å². The van der Waals surface area contributed by atoms with Crippen LogP contribution in [0.25, 0.3) is 5.57 Å². The van der Waals surface area contributed by atoms with Crippen LogP contribution in [0, 0.1) is 0 Å². The third-order valence-electron chi connectivity index (χ3n) is 5.24. The van der Waals surface area contributed by atoms with E-state index in [-0.39, 0.29) is 11.1 Å². The Morgan fingerprint density at radius 2 is 1.91 bits per heavy atom. The van der Waals surface area contributed by atoms with E-state index in [1.54, 1.807) is 26.1 Å². The van der Waals surface area contributed by atoms with Gasteiger partial charge in [0.2, 0.25) is 0 Å². The fourth-order valence-electron chi connectivity index (χ4n) is 3.29. The van der Waals surface area contributed by atoms with Crippen LogP contribution in [0.1, 0.15) is 35.3 Å². The number of hydrogen-bond donors (Lipinski definition) is 2. The number of nitrogens with one attached hydrogen (secondary N) is 2.